The maximum absolute atomic E-state index is 12.6. The van der Waals surface area contributed by atoms with Crippen LogP contribution < -0.4 is 10.5 Å². The Morgan fingerprint density at radius 1 is 1.55 bits per heavy atom. The third kappa shape index (κ3) is 4.31. The summed E-state index contributed by atoms with van der Waals surface area (Å²) in [6.45, 7) is 4.03. The third-order valence-electron chi connectivity index (χ3n) is 3.31. The SMILES string of the molecule is COc1cnn(CCN(C)C)c1C(=O)C(C)CCCN. The fourth-order valence-corrected chi connectivity index (χ4v) is 2.02. The molecule has 0 radical (unpaired) electrons. The first-order valence-electron chi connectivity index (χ1n) is 7.00. The van der Waals surface area contributed by atoms with E-state index in [-0.39, 0.29) is 11.7 Å². The smallest absolute Gasteiger partial charge is 0.187 e. The van der Waals surface area contributed by atoms with Crippen LogP contribution >= 0.6 is 0 Å². The Bertz CT molecular complexity index is 429. The zero-order chi connectivity index (χ0) is 15.1. The number of carbonyl (C=O) groups excluding carboxylic acids is 1. The standard InChI is InChI=1S/C14H26N4O2/c1-11(6-5-7-15)14(19)13-12(20-4)10-16-18(13)9-8-17(2)3/h10-11H,5-9,15H2,1-4H3. The Labute approximate surface area is 120 Å². The zero-order valence-corrected chi connectivity index (χ0v) is 12.9. The molecule has 1 unspecified atom stereocenters. The van der Waals surface area contributed by atoms with Gasteiger partial charge in [-0.3, -0.25) is 9.48 Å². The van der Waals surface area contributed by atoms with Crippen LogP contribution in [-0.4, -0.2) is 54.8 Å². The molecule has 0 saturated carbocycles. The van der Waals surface area contributed by atoms with Gasteiger partial charge in [-0.1, -0.05) is 6.92 Å². The summed E-state index contributed by atoms with van der Waals surface area (Å²) >= 11 is 0. The molecule has 2 N–H and O–H groups in total. The van der Waals surface area contributed by atoms with Crippen molar-refractivity contribution in [1.29, 1.82) is 0 Å². The lowest BCUT2D eigenvalue weighted by Gasteiger charge is -2.14. The molecule has 1 rings (SSSR count). The number of rotatable bonds is 9. The molecular weight excluding hydrogens is 256 g/mol. The Hall–Kier alpha value is -1.40. The van der Waals surface area contributed by atoms with Crippen LogP contribution in [0.4, 0.5) is 0 Å². The van der Waals surface area contributed by atoms with E-state index in [0.29, 0.717) is 24.5 Å². The Kier molecular flexibility index (Phi) is 6.67. The van der Waals surface area contributed by atoms with Crippen molar-refractivity contribution in [2.24, 2.45) is 11.7 Å². The maximum atomic E-state index is 12.6. The van der Waals surface area contributed by atoms with E-state index in [2.05, 4.69) is 10.00 Å². The number of methoxy groups -OCH3 is 1. The summed E-state index contributed by atoms with van der Waals surface area (Å²) in [5, 5.41) is 4.26. The van der Waals surface area contributed by atoms with Crippen LogP contribution in [0.2, 0.25) is 0 Å². The molecule has 0 aliphatic carbocycles. The molecule has 1 atom stereocenters. The quantitative estimate of drug-likeness (QED) is 0.684. The lowest BCUT2D eigenvalue weighted by molar-refractivity contribution is 0.0908. The minimum absolute atomic E-state index is 0.0674. The monoisotopic (exact) mass is 282 g/mol. The second-order valence-electron chi connectivity index (χ2n) is 5.28. The highest BCUT2D eigenvalue weighted by atomic mass is 16.5. The molecule has 0 fully saturated rings. The van der Waals surface area contributed by atoms with E-state index in [9.17, 15) is 4.79 Å². The van der Waals surface area contributed by atoms with E-state index >= 15 is 0 Å². The molecule has 6 nitrogen and oxygen atoms in total. The normalized spacial score (nSPS) is 12.7. The largest absolute Gasteiger partial charge is 0.493 e. The summed E-state index contributed by atoms with van der Waals surface area (Å²) in [6.07, 6.45) is 3.25. The first-order valence-corrected chi connectivity index (χ1v) is 7.00. The number of Topliss-reactive ketones (excluding diaryl/α,β-unsaturated/α-hetero) is 1. The minimum Gasteiger partial charge on any atom is -0.493 e. The molecular formula is C14H26N4O2. The number of nitrogens with two attached hydrogens (primary N) is 1. The first-order chi connectivity index (χ1) is 9.51. The maximum Gasteiger partial charge on any atom is 0.187 e. The van der Waals surface area contributed by atoms with Crippen LogP contribution in [0.15, 0.2) is 6.20 Å². The van der Waals surface area contributed by atoms with Crippen LogP contribution in [0, 0.1) is 5.92 Å². The van der Waals surface area contributed by atoms with Gasteiger partial charge in [0.05, 0.1) is 19.9 Å². The molecule has 0 aromatic carbocycles. The number of carbonyl (C=O) groups is 1. The van der Waals surface area contributed by atoms with Crippen LogP contribution in [0.1, 0.15) is 30.3 Å². The van der Waals surface area contributed by atoms with Gasteiger partial charge in [-0.25, -0.2) is 0 Å². The van der Waals surface area contributed by atoms with Crippen LogP contribution in [-0.2, 0) is 6.54 Å². The Morgan fingerprint density at radius 2 is 2.25 bits per heavy atom. The molecule has 6 heteroatoms. The van der Waals surface area contributed by atoms with Crippen molar-refractivity contribution in [2.75, 3.05) is 34.3 Å². The van der Waals surface area contributed by atoms with E-state index in [0.717, 1.165) is 19.4 Å². The number of ketones is 1. The predicted molar refractivity (Wildman–Crippen MR) is 79.1 cm³/mol. The summed E-state index contributed by atoms with van der Waals surface area (Å²) in [4.78, 5) is 14.6. The first kappa shape index (κ1) is 16.7. The van der Waals surface area contributed by atoms with E-state index in [1.807, 2.05) is 21.0 Å². The van der Waals surface area contributed by atoms with Gasteiger partial charge in [0.15, 0.2) is 11.5 Å². The highest BCUT2D eigenvalue weighted by Gasteiger charge is 2.24. The lowest BCUT2D eigenvalue weighted by Crippen LogP contribution is -2.23. The van der Waals surface area contributed by atoms with Crippen molar-refractivity contribution in [2.45, 2.75) is 26.3 Å². The summed E-state index contributed by atoms with van der Waals surface area (Å²) < 4.78 is 7.00. The molecule has 20 heavy (non-hydrogen) atoms. The molecule has 0 saturated heterocycles. The molecule has 0 aliphatic heterocycles. The Morgan fingerprint density at radius 3 is 2.80 bits per heavy atom. The summed E-state index contributed by atoms with van der Waals surface area (Å²) in [5.41, 5.74) is 6.07. The van der Waals surface area contributed by atoms with Crippen molar-refractivity contribution in [1.82, 2.24) is 14.7 Å². The topological polar surface area (TPSA) is 73.4 Å². The highest BCUT2D eigenvalue weighted by Crippen LogP contribution is 2.23. The van der Waals surface area contributed by atoms with Crippen LogP contribution in [0.3, 0.4) is 0 Å². The highest BCUT2D eigenvalue weighted by molar-refractivity contribution is 5.98. The average Bonchev–Trinajstić information content (AvgIpc) is 2.84. The van der Waals surface area contributed by atoms with Gasteiger partial charge in [-0.15, -0.1) is 0 Å². The van der Waals surface area contributed by atoms with Gasteiger partial charge in [-0.2, -0.15) is 5.10 Å². The number of nitrogens with zero attached hydrogens (tertiary/aromatic N) is 3. The second-order valence-corrected chi connectivity index (χ2v) is 5.28. The van der Waals surface area contributed by atoms with Crippen molar-refractivity contribution >= 4 is 5.78 Å². The van der Waals surface area contributed by atoms with Crippen molar-refractivity contribution in [3.8, 4) is 5.75 Å². The van der Waals surface area contributed by atoms with Gasteiger partial charge in [0.2, 0.25) is 0 Å². The number of hydrogen-bond donors (Lipinski definition) is 1. The molecule has 1 aromatic heterocycles. The van der Waals surface area contributed by atoms with Gasteiger partial charge >= 0.3 is 0 Å². The van der Waals surface area contributed by atoms with Gasteiger partial charge in [0.1, 0.15) is 5.69 Å². The zero-order valence-electron chi connectivity index (χ0n) is 12.9. The van der Waals surface area contributed by atoms with Crippen molar-refractivity contribution in [3.63, 3.8) is 0 Å². The molecule has 1 aromatic rings. The van der Waals surface area contributed by atoms with Crippen molar-refractivity contribution in [3.05, 3.63) is 11.9 Å². The summed E-state index contributed by atoms with van der Waals surface area (Å²) in [6, 6.07) is 0. The number of likely N-dealkylation sites (N-methyl/N-ethyl adjacent to an activating group) is 1. The molecule has 1 heterocycles. The lowest BCUT2D eigenvalue weighted by atomic mass is 9.98. The number of ether oxygens (including phenoxy) is 1. The minimum atomic E-state index is -0.0674. The number of aromatic nitrogens is 2. The third-order valence-corrected chi connectivity index (χ3v) is 3.31. The van der Waals surface area contributed by atoms with Crippen LogP contribution in [0.5, 0.6) is 5.75 Å². The van der Waals surface area contributed by atoms with Gasteiger partial charge in [0, 0.05) is 12.5 Å². The molecule has 0 amide bonds. The molecule has 0 spiro atoms. The average molecular weight is 282 g/mol. The molecule has 0 aliphatic rings. The fraction of sp³-hybridized carbons (Fsp3) is 0.714. The summed E-state index contributed by atoms with van der Waals surface area (Å²) in [5.74, 6) is 0.558. The van der Waals surface area contributed by atoms with E-state index in [4.69, 9.17) is 10.5 Å². The number of hydrogen-bond acceptors (Lipinski definition) is 5. The van der Waals surface area contributed by atoms with Gasteiger partial charge in [0.25, 0.3) is 0 Å². The summed E-state index contributed by atoms with van der Waals surface area (Å²) in [7, 11) is 5.55. The molecule has 0 bridgehead atoms. The van der Waals surface area contributed by atoms with Gasteiger partial charge < -0.3 is 15.4 Å². The predicted octanol–water partition coefficient (Wildman–Crippen LogP) is 1.01. The van der Waals surface area contributed by atoms with Crippen molar-refractivity contribution < 1.29 is 9.53 Å². The fourth-order valence-electron chi connectivity index (χ4n) is 2.02. The molecule has 114 valence electrons. The second kappa shape index (κ2) is 8.01. The van der Waals surface area contributed by atoms with E-state index in [1.54, 1.807) is 18.0 Å². The van der Waals surface area contributed by atoms with E-state index < -0.39 is 0 Å². The van der Waals surface area contributed by atoms with E-state index in [1.165, 1.54) is 0 Å². The Balaban J connectivity index is 2.89. The van der Waals surface area contributed by atoms with Crippen LogP contribution in [0.25, 0.3) is 0 Å². The van der Waals surface area contributed by atoms with Gasteiger partial charge in [-0.05, 0) is 33.5 Å².